The van der Waals surface area contributed by atoms with Gasteiger partial charge in [0.15, 0.2) is 5.82 Å². The van der Waals surface area contributed by atoms with Crippen LogP contribution in [-0.4, -0.2) is 41.3 Å². The van der Waals surface area contributed by atoms with Crippen molar-refractivity contribution in [2.24, 2.45) is 0 Å². The molecule has 1 N–H and O–H groups in total. The molecule has 0 bridgehead atoms. The van der Waals surface area contributed by atoms with E-state index in [-0.39, 0.29) is 6.61 Å². The molecule has 0 radical (unpaired) electrons. The summed E-state index contributed by atoms with van der Waals surface area (Å²) in [5.74, 6) is 0.809. The molecule has 2 aromatic heterocycles. The van der Waals surface area contributed by atoms with Crippen LogP contribution in [0.5, 0.6) is 0 Å². The fourth-order valence-electron chi connectivity index (χ4n) is 1.94. The Morgan fingerprint density at radius 1 is 1.44 bits per heavy atom. The second-order valence-electron chi connectivity index (χ2n) is 4.09. The monoisotopic (exact) mass is 249 g/mol. The number of aromatic nitrogens is 2. The molecule has 98 valence electrons. The van der Waals surface area contributed by atoms with Gasteiger partial charge in [0.05, 0.1) is 18.9 Å². The molecule has 0 unspecified atom stereocenters. The highest BCUT2D eigenvalue weighted by atomic mass is 16.5. The Labute approximate surface area is 107 Å². The number of anilines is 1. The summed E-state index contributed by atoms with van der Waals surface area (Å²) >= 11 is 0. The molecular weight excluding hydrogens is 230 g/mol. The number of rotatable bonds is 6. The van der Waals surface area contributed by atoms with E-state index in [1.807, 2.05) is 47.7 Å². The SMILES string of the molecule is CCOCCN(C)c1nc2ccccn2c1CO. The maximum Gasteiger partial charge on any atom is 0.153 e. The van der Waals surface area contributed by atoms with Crippen molar-refractivity contribution < 1.29 is 9.84 Å². The molecule has 0 amide bonds. The van der Waals surface area contributed by atoms with Gasteiger partial charge in [-0.2, -0.15) is 0 Å². The van der Waals surface area contributed by atoms with Gasteiger partial charge in [0.1, 0.15) is 5.65 Å². The van der Waals surface area contributed by atoms with E-state index in [0.717, 1.165) is 23.7 Å². The van der Waals surface area contributed by atoms with Crippen LogP contribution in [0.2, 0.25) is 0 Å². The van der Waals surface area contributed by atoms with Gasteiger partial charge in [-0.05, 0) is 19.1 Å². The molecule has 0 aliphatic rings. The summed E-state index contributed by atoms with van der Waals surface area (Å²) < 4.78 is 7.24. The van der Waals surface area contributed by atoms with Crippen molar-refractivity contribution >= 4 is 11.5 Å². The first-order valence-electron chi connectivity index (χ1n) is 6.13. The molecule has 0 atom stereocenters. The van der Waals surface area contributed by atoms with Gasteiger partial charge in [0.2, 0.25) is 0 Å². The van der Waals surface area contributed by atoms with Crippen molar-refractivity contribution in [3.63, 3.8) is 0 Å². The number of hydrogen-bond donors (Lipinski definition) is 1. The van der Waals surface area contributed by atoms with Crippen LogP contribution < -0.4 is 4.90 Å². The molecule has 0 saturated carbocycles. The van der Waals surface area contributed by atoms with Crippen LogP contribution in [-0.2, 0) is 11.3 Å². The third kappa shape index (κ3) is 2.47. The number of imidazole rings is 1. The summed E-state index contributed by atoms with van der Waals surface area (Å²) in [6, 6.07) is 5.80. The maximum atomic E-state index is 9.51. The van der Waals surface area contributed by atoms with Crippen LogP contribution >= 0.6 is 0 Å². The molecule has 18 heavy (non-hydrogen) atoms. The van der Waals surface area contributed by atoms with Crippen molar-refractivity contribution in [2.45, 2.75) is 13.5 Å². The van der Waals surface area contributed by atoms with Gasteiger partial charge < -0.3 is 14.7 Å². The minimum atomic E-state index is -0.0283. The molecule has 2 heterocycles. The van der Waals surface area contributed by atoms with E-state index in [1.54, 1.807) is 0 Å². The lowest BCUT2D eigenvalue weighted by molar-refractivity contribution is 0.154. The smallest absolute Gasteiger partial charge is 0.153 e. The first kappa shape index (κ1) is 12.9. The largest absolute Gasteiger partial charge is 0.390 e. The third-order valence-corrected chi connectivity index (χ3v) is 2.89. The Hall–Kier alpha value is -1.59. The quantitative estimate of drug-likeness (QED) is 0.784. The molecule has 0 fully saturated rings. The van der Waals surface area contributed by atoms with E-state index in [4.69, 9.17) is 4.74 Å². The van der Waals surface area contributed by atoms with Crippen LogP contribution in [0.25, 0.3) is 5.65 Å². The van der Waals surface area contributed by atoms with Gasteiger partial charge in [-0.3, -0.25) is 4.40 Å². The molecule has 0 aliphatic carbocycles. The first-order valence-corrected chi connectivity index (χ1v) is 6.13. The van der Waals surface area contributed by atoms with E-state index < -0.39 is 0 Å². The number of hydrogen-bond acceptors (Lipinski definition) is 4. The lowest BCUT2D eigenvalue weighted by Gasteiger charge is -2.17. The van der Waals surface area contributed by atoms with Crippen LogP contribution in [0, 0.1) is 0 Å². The Morgan fingerprint density at radius 3 is 3.00 bits per heavy atom. The fourth-order valence-corrected chi connectivity index (χ4v) is 1.94. The Bertz CT molecular complexity index is 510. The average Bonchev–Trinajstić information content (AvgIpc) is 2.77. The van der Waals surface area contributed by atoms with E-state index in [1.165, 1.54) is 0 Å². The Morgan fingerprint density at radius 2 is 2.28 bits per heavy atom. The number of aliphatic hydroxyl groups is 1. The summed E-state index contributed by atoms with van der Waals surface area (Å²) in [4.78, 5) is 6.54. The van der Waals surface area contributed by atoms with Gasteiger partial charge in [0.25, 0.3) is 0 Å². The van der Waals surface area contributed by atoms with Crippen molar-refractivity contribution in [2.75, 3.05) is 31.7 Å². The van der Waals surface area contributed by atoms with Crippen LogP contribution in [0.3, 0.4) is 0 Å². The van der Waals surface area contributed by atoms with Gasteiger partial charge >= 0.3 is 0 Å². The second-order valence-corrected chi connectivity index (χ2v) is 4.09. The minimum absolute atomic E-state index is 0.0283. The molecule has 0 aliphatic heterocycles. The third-order valence-electron chi connectivity index (χ3n) is 2.89. The molecule has 0 spiro atoms. The van der Waals surface area contributed by atoms with Crippen LogP contribution in [0.1, 0.15) is 12.6 Å². The molecule has 0 saturated heterocycles. The van der Waals surface area contributed by atoms with Crippen molar-refractivity contribution in [3.05, 3.63) is 30.1 Å². The number of fused-ring (bicyclic) bond motifs is 1. The number of pyridine rings is 1. The summed E-state index contributed by atoms with van der Waals surface area (Å²) in [6.07, 6.45) is 1.91. The Kier molecular flexibility index (Phi) is 4.17. The zero-order valence-corrected chi connectivity index (χ0v) is 10.8. The number of nitrogens with zero attached hydrogens (tertiary/aromatic N) is 3. The molecule has 5 nitrogen and oxygen atoms in total. The first-order chi connectivity index (χ1) is 8.77. The topological polar surface area (TPSA) is 50.0 Å². The second kappa shape index (κ2) is 5.84. The van der Waals surface area contributed by atoms with Crippen LogP contribution in [0.15, 0.2) is 24.4 Å². The van der Waals surface area contributed by atoms with Crippen LogP contribution in [0.4, 0.5) is 5.82 Å². The minimum Gasteiger partial charge on any atom is -0.390 e. The van der Waals surface area contributed by atoms with Gasteiger partial charge in [-0.1, -0.05) is 6.07 Å². The zero-order chi connectivity index (χ0) is 13.0. The predicted molar refractivity (Wildman–Crippen MR) is 70.9 cm³/mol. The lowest BCUT2D eigenvalue weighted by Crippen LogP contribution is -2.24. The van der Waals surface area contributed by atoms with Crippen molar-refractivity contribution in [3.8, 4) is 0 Å². The van der Waals surface area contributed by atoms with Gasteiger partial charge in [-0.15, -0.1) is 0 Å². The van der Waals surface area contributed by atoms with E-state index >= 15 is 0 Å². The highest BCUT2D eigenvalue weighted by Gasteiger charge is 2.14. The standard InChI is InChI=1S/C13H19N3O2/c1-3-18-9-8-15(2)13-11(10-17)16-7-5-4-6-12(16)14-13/h4-7,17H,3,8-10H2,1-2H3. The van der Waals surface area contributed by atoms with Gasteiger partial charge in [0, 0.05) is 26.4 Å². The summed E-state index contributed by atoms with van der Waals surface area (Å²) in [5, 5.41) is 9.51. The predicted octanol–water partition coefficient (Wildman–Crippen LogP) is 1.30. The normalized spacial score (nSPS) is 11.1. The highest BCUT2D eigenvalue weighted by molar-refractivity contribution is 5.55. The highest BCUT2D eigenvalue weighted by Crippen LogP contribution is 2.20. The average molecular weight is 249 g/mol. The van der Waals surface area contributed by atoms with E-state index in [2.05, 4.69) is 4.98 Å². The van der Waals surface area contributed by atoms with Crippen molar-refractivity contribution in [1.29, 1.82) is 0 Å². The molecule has 5 heteroatoms. The summed E-state index contributed by atoms with van der Waals surface area (Å²) in [6.45, 7) is 4.08. The maximum absolute atomic E-state index is 9.51. The molecule has 2 rings (SSSR count). The molecular formula is C13H19N3O2. The molecule has 2 aromatic rings. The number of aliphatic hydroxyl groups excluding tert-OH is 1. The summed E-state index contributed by atoms with van der Waals surface area (Å²) in [7, 11) is 1.96. The summed E-state index contributed by atoms with van der Waals surface area (Å²) in [5.41, 5.74) is 1.66. The number of ether oxygens (including phenoxy) is 1. The number of likely N-dealkylation sites (N-methyl/N-ethyl adjacent to an activating group) is 1. The molecule has 0 aromatic carbocycles. The van der Waals surface area contributed by atoms with E-state index in [9.17, 15) is 5.11 Å². The van der Waals surface area contributed by atoms with Crippen molar-refractivity contribution in [1.82, 2.24) is 9.38 Å². The zero-order valence-electron chi connectivity index (χ0n) is 10.8. The Balaban J connectivity index is 2.26. The lowest BCUT2D eigenvalue weighted by atomic mass is 10.4. The van der Waals surface area contributed by atoms with Gasteiger partial charge in [-0.25, -0.2) is 4.98 Å². The van der Waals surface area contributed by atoms with E-state index in [0.29, 0.717) is 13.2 Å². The fraction of sp³-hybridized carbons (Fsp3) is 0.462.